The first-order chi connectivity index (χ1) is 8.00. The lowest BCUT2D eigenvalue weighted by molar-refractivity contribution is -0.118. The van der Waals surface area contributed by atoms with E-state index in [0.717, 1.165) is 0 Å². The van der Waals surface area contributed by atoms with E-state index in [-0.39, 0.29) is 3.71 Å². The van der Waals surface area contributed by atoms with Crippen molar-refractivity contribution in [1.82, 2.24) is 3.71 Å². The molecule has 2 unspecified atom stereocenters. The lowest BCUT2D eigenvalue weighted by Crippen LogP contribution is -2.32. The smallest absolute Gasteiger partial charge is 0.268 e. The normalized spacial score (nSPS) is 12.6. The maximum Gasteiger partial charge on any atom is 0.268 e. The van der Waals surface area contributed by atoms with E-state index in [1.165, 1.54) is 0 Å². The Balaban J connectivity index is 0.000000354. The van der Waals surface area contributed by atoms with Crippen LogP contribution in [0.25, 0.3) is 0 Å². The highest BCUT2D eigenvalue weighted by Crippen LogP contribution is 1.96. The van der Waals surface area contributed by atoms with Crippen LogP contribution in [0.1, 0.15) is 0 Å². The van der Waals surface area contributed by atoms with Crippen LogP contribution >= 0.6 is 0 Å². The SMILES string of the molecule is C=CC(=O)N(S(=O)[O-])S(=O)[O-].c1ccccc1. The molecule has 0 fully saturated rings. The monoisotopic (exact) mass is 275 g/mol. The first-order valence-electron chi connectivity index (χ1n) is 4.16. The molecule has 1 aromatic carbocycles. The summed E-state index contributed by atoms with van der Waals surface area (Å²) in [5, 5.41) is 0. The Morgan fingerprint density at radius 3 is 1.41 bits per heavy atom. The minimum atomic E-state index is -3.11. The van der Waals surface area contributed by atoms with Gasteiger partial charge < -0.3 is 9.11 Å². The van der Waals surface area contributed by atoms with Gasteiger partial charge in [0.25, 0.3) is 5.91 Å². The minimum Gasteiger partial charge on any atom is -0.754 e. The molecule has 1 amide bonds. The molecule has 6 nitrogen and oxygen atoms in total. The zero-order valence-electron chi connectivity index (χ0n) is 8.55. The number of rotatable bonds is 3. The van der Waals surface area contributed by atoms with Crippen LogP contribution in [0.15, 0.2) is 49.1 Å². The standard InChI is InChI=1S/C6H6.C3H5NO5S2/c1-2-4-6-5-3-1;1-2-3(5)4(10(6)7)11(8)9/h1-6H;2H,1H2,(H,6,7)(H,8,9)/p-2. The molecule has 94 valence electrons. The van der Waals surface area contributed by atoms with E-state index in [1.807, 2.05) is 36.4 Å². The maximum atomic E-state index is 10.4. The molecule has 17 heavy (non-hydrogen) atoms. The van der Waals surface area contributed by atoms with E-state index in [9.17, 15) is 22.3 Å². The summed E-state index contributed by atoms with van der Waals surface area (Å²) in [6.45, 7) is 2.91. The average Bonchev–Trinajstić information content (AvgIpc) is 2.31. The van der Waals surface area contributed by atoms with Gasteiger partial charge in [0, 0.05) is 0 Å². The van der Waals surface area contributed by atoms with Gasteiger partial charge in [-0.3, -0.25) is 13.2 Å². The van der Waals surface area contributed by atoms with Crippen molar-refractivity contribution < 1.29 is 22.3 Å². The predicted octanol–water partition coefficient (Wildman–Crippen LogP) is 0.276. The zero-order valence-corrected chi connectivity index (χ0v) is 10.2. The van der Waals surface area contributed by atoms with Crippen molar-refractivity contribution in [3.8, 4) is 0 Å². The fourth-order valence-electron chi connectivity index (χ4n) is 0.656. The fraction of sp³-hybridized carbons (Fsp3) is 0. The molecule has 0 N–H and O–H groups in total. The largest absolute Gasteiger partial charge is 0.754 e. The van der Waals surface area contributed by atoms with E-state index in [4.69, 9.17) is 0 Å². The molecular weight excluding hydrogens is 266 g/mol. The molecule has 1 aromatic rings. The molecule has 0 saturated heterocycles. The lowest BCUT2D eigenvalue weighted by atomic mass is 10.4. The van der Waals surface area contributed by atoms with E-state index in [0.29, 0.717) is 6.08 Å². The molecule has 0 aliphatic rings. The van der Waals surface area contributed by atoms with Crippen molar-refractivity contribution >= 4 is 28.4 Å². The Hall–Kier alpha value is -1.35. The maximum absolute atomic E-state index is 10.4. The van der Waals surface area contributed by atoms with Crippen LogP contribution < -0.4 is 0 Å². The quantitative estimate of drug-likeness (QED) is 0.582. The topological polar surface area (TPSA) is 101 Å². The van der Waals surface area contributed by atoms with Gasteiger partial charge in [0.1, 0.15) is 0 Å². The van der Waals surface area contributed by atoms with E-state index in [2.05, 4.69) is 6.58 Å². The molecule has 1 rings (SSSR count). The Morgan fingerprint density at radius 1 is 1.00 bits per heavy atom. The molecule has 0 aromatic heterocycles. The zero-order chi connectivity index (χ0) is 13.3. The summed E-state index contributed by atoms with van der Waals surface area (Å²) in [6, 6.07) is 12.0. The van der Waals surface area contributed by atoms with E-state index in [1.54, 1.807) is 0 Å². The number of hydrogen-bond donors (Lipinski definition) is 0. The third kappa shape index (κ3) is 6.74. The molecule has 0 spiro atoms. The van der Waals surface area contributed by atoms with Gasteiger partial charge in [-0.15, -0.1) is 0 Å². The van der Waals surface area contributed by atoms with Gasteiger partial charge >= 0.3 is 0 Å². The Labute approximate surface area is 104 Å². The van der Waals surface area contributed by atoms with Crippen molar-refractivity contribution in [2.45, 2.75) is 0 Å². The third-order valence-corrected chi connectivity index (χ3v) is 2.92. The van der Waals surface area contributed by atoms with Crippen molar-refractivity contribution in [3.63, 3.8) is 0 Å². The van der Waals surface area contributed by atoms with Crippen LogP contribution in [0.4, 0.5) is 0 Å². The van der Waals surface area contributed by atoms with Crippen molar-refractivity contribution in [3.05, 3.63) is 49.1 Å². The number of carbonyl (C=O) groups excluding carboxylic acids is 1. The number of benzene rings is 1. The predicted molar refractivity (Wildman–Crippen MR) is 61.3 cm³/mol. The molecular formula is C9H9NO5S2-2. The number of nitrogens with zero attached hydrogens (tertiary/aromatic N) is 1. The highest BCUT2D eigenvalue weighted by Gasteiger charge is 2.10. The van der Waals surface area contributed by atoms with Gasteiger partial charge in [0.2, 0.25) is 0 Å². The van der Waals surface area contributed by atoms with Crippen LogP contribution in [0.5, 0.6) is 0 Å². The van der Waals surface area contributed by atoms with Crippen molar-refractivity contribution in [2.24, 2.45) is 0 Å². The second-order valence-electron chi connectivity index (χ2n) is 2.39. The second kappa shape index (κ2) is 8.76. The number of carbonyl (C=O) groups is 1. The Bertz CT molecular complexity index is 368. The van der Waals surface area contributed by atoms with Gasteiger partial charge in [0.05, 0.1) is 22.5 Å². The highest BCUT2D eigenvalue weighted by atomic mass is 32.3. The highest BCUT2D eigenvalue weighted by molar-refractivity contribution is 7.93. The van der Waals surface area contributed by atoms with Crippen LogP contribution in [0, 0.1) is 0 Å². The van der Waals surface area contributed by atoms with E-state index < -0.39 is 28.4 Å². The molecule has 0 saturated carbocycles. The number of amides is 1. The molecule has 0 bridgehead atoms. The third-order valence-electron chi connectivity index (χ3n) is 1.29. The first-order valence-corrected chi connectivity index (χ1v) is 6.22. The first kappa shape index (κ1) is 15.7. The van der Waals surface area contributed by atoms with E-state index >= 15 is 0 Å². The van der Waals surface area contributed by atoms with Gasteiger partial charge in [0.15, 0.2) is 0 Å². The second-order valence-corrected chi connectivity index (χ2v) is 4.22. The lowest BCUT2D eigenvalue weighted by Gasteiger charge is -2.23. The summed E-state index contributed by atoms with van der Waals surface area (Å²) in [5.41, 5.74) is 0. The Morgan fingerprint density at radius 2 is 1.29 bits per heavy atom. The van der Waals surface area contributed by atoms with Crippen LogP contribution in [0.2, 0.25) is 0 Å². The van der Waals surface area contributed by atoms with Crippen LogP contribution in [0.3, 0.4) is 0 Å². The molecule has 8 heteroatoms. The molecule has 0 aliphatic carbocycles. The molecule has 0 radical (unpaired) electrons. The summed E-state index contributed by atoms with van der Waals surface area (Å²) in [4.78, 5) is 10.4. The van der Waals surface area contributed by atoms with Gasteiger partial charge in [-0.25, -0.2) is 0 Å². The Kier molecular flexibility index (Phi) is 8.07. The summed E-state index contributed by atoms with van der Waals surface area (Å²) in [7, 11) is 0. The summed E-state index contributed by atoms with van der Waals surface area (Å²) >= 11 is -6.23. The minimum absolute atomic E-state index is 0.368. The van der Waals surface area contributed by atoms with Gasteiger partial charge in [-0.2, -0.15) is 3.71 Å². The molecule has 0 heterocycles. The van der Waals surface area contributed by atoms with Gasteiger partial charge in [-0.1, -0.05) is 43.0 Å². The van der Waals surface area contributed by atoms with Crippen molar-refractivity contribution in [2.75, 3.05) is 0 Å². The van der Waals surface area contributed by atoms with Gasteiger partial charge in [-0.05, 0) is 6.08 Å². The molecule has 2 atom stereocenters. The summed E-state index contributed by atoms with van der Waals surface area (Å²) < 4.78 is 39.7. The summed E-state index contributed by atoms with van der Waals surface area (Å²) in [5.74, 6) is -1.22. The number of hydrogen-bond acceptors (Lipinski definition) is 5. The van der Waals surface area contributed by atoms with Crippen LogP contribution in [-0.2, 0) is 27.3 Å². The van der Waals surface area contributed by atoms with Crippen molar-refractivity contribution in [1.29, 1.82) is 0 Å². The average molecular weight is 275 g/mol. The molecule has 0 aliphatic heterocycles. The van der Waals surface area contributed by atoms with Crippen LogP contribution in [-0.4, -0.2) is 27.1 Å². The summed E-state index contributed by atoms with van der Waals surface area (Å²) in [6.07, 6.45) is 0.575. The fourth-order valence-corrected chi connectivity index (χ4v) is 1.50.